The van der Waals surface area contributed by atoms with Gasteiger partial charge in [-0.3, -0.25) is 9.88 Å². The Kier molecular flexibility index (Phi) is 5.11. The molecular weight excluding hydrogens is 226 g/mol. The summed E-state index contributed by atoms with van der Waals surface area (Å²) < 4.78 is 5.92. The molecule has 1 aliphatic rings. The summed E-state index contributed by atoms with van der Waals surface area (Å²) in [6.07, 6.45) is 4.96. The molecule has 1 aliphatic heterocycles. The Morgan fingerprint density at radius 2 is 2.28 bits per heavy atom. The summed E-state index contributed by atoms with van der Waals surface area (Å²) >= 11 is 0. The van der Waals surface area contributed by atoms with Gasteiger partial charge in [0.2, 0.25) is 0 Å². The van der Waals surface area contributed by atoms with Crippen molar-refractivity contribution in [3.8, 4) is 0 Å². The molecule has 0 aliphatic carbocycles. The van der Waals surface area contributed by atoms with Gasteiger partial charge >= 0.3 is 0 Å². The van der Waals surface area contributed by atoms with E-state index in [0.717, 1.165) is 32.7 Å². The van der Waals surface area contributed by atoms with Crippen molar-refractivity contribution in [1.29, 1.82) is 0 Å². The molecule has 1 aromatic rings. The first kappa shape index (κ1) is 13.5. The maximum atomic E-state index is 5.92. The zero-order chi connectivity index (χ0) is 12.8. The molecule has 100 valence electrons. The third-order valence-electron chi connectivity index (χ3n) is 3.65. The fraction of sp³-hybridized carbons (Fsp3) is 0.643. The van der Waals surface area contributed by atoms with Crippen LogP contribution in [0.3, 0.4) is 0 Å². The van der Waals surface area contributed by atoms with E-state index in [9.17, 15) is 0 Å². The van der Waals surface area contributed by atoms with Crippen molar-refractivity contribution in [1.82, 2.24) is 15.2 Å². The molecule has 0 saturated carbocycles. The van der Waals surface area contributed by atoms with Crippen molar-refractivity contribution in [2.45, 2.75) is 25.5 Å². The summed E-state index contributed by atoms with van der Waals surface area (Å²) in [5.74, 6) is 0. The molecule has 1 N–H and O–H groups in total. The van der Waals surface area contributed by atoms with Crippen LogP contribution in [0.1, 0.15) is 12.5 Å². The van der Waals surface area contributed by atoms with Gasteiger partial charge in [0.25, 0.3) is 0 Å². The van der Waals surface area contributed by atoms with Crippen molar-refractivity contribution >= 4 is 0 Å². The Labute approximate surface area is 109 Å². The summed E-state index contributed by atoms with van der Waals surface area (Å²) in [5.41, 5.74) is 1.31. The third-order valence-corrected chi connectivity index (χ3v) is 3.65. The summed E-state index contributed by atoms with van der Waals surface area (Å²) in [4.78, 5) is 6.51. The van der Waals surface area contributed by atoms with Crippen LogP contribution < -0.4 is 5.32 Å². The molecule has 0 radical (unpaired) electrons. The van der Waals surface area contributed by atoms with E-state index in [2.05, 4.69) is 34.3 Å². The van der Waals surface area contributed by atoms with Crippen molar-refractivity contribution in [2.75, 3.05) is 33.3 Å². The number of likely N-dealkylation sites (N-methyl/N-ethyl adjacent to an activating group) is 2. The van der Waals surface area contributed by atoms with Gasteiger partial charge in [0, 0.05) is 31.5 Å². The van der Waals surface area contributed by atoms with Crippen LogP contribution in [0, 0.1) is 0 Å². The number of hydrogen-bond acceptors (Lipinski definition) is 4. The zero-order valence-electron chi connectivity index (χ0n) is 11.3. The van der Waals surface area contributed by atoms with E-state index in [0.29, 0.717) is 6.04 Å². The second-order valence-electron chi connectivity index (χ2n) is 4.76. The Morgan fingerprint density at radius 3 is 2.94 bits per heavy atom. The number of nitrogens with one attached hydrogen (secondary N) is 1. The van der Waals surface area contributed by atoms with Crippen molar-refractivity contribution in [3.63, 3.8) is 0 Å². The van der Waals surface area contributed by atoms with E-state index in [1.807, 2.05) is 19.4 Å². The van der Waals surface area contributed by atoms with Gasteiger partial charge in [-0.2, -0.15) is 0 Å². The monoisotopic (exact) mass is 249 g/mol. The lowest BCUT2D eigenvalue weighted by molar-refractivity contribution is -0.0436. The number of pyridine rings is 1. The first-order valence-corrected chi connectivity index (χ1v) is 6.73. The van der Waals surface area contributed by atoms with Crippen LogP contribution >= 0.6 is 0 Å². The van der Waals surface area contributed by atoms with Crippen molar-refractivity contribution in [3.05, 3.63) is 30.1 Å². The fourth-order valence-corrected chi connectivity index (χ4v) is 2.45. The van der Waals surface area contributed by atoms with E-state index >= 15 is 0 Å². The molecule has 2 rings (SSSR count). The van der Waals surface area contributed by atoms with E-state index in [1.54, 1.807) is 0 Å². The Balaban J connectivity index is 1.95. The highest BCUT2D eigenvalue weighted by atomic mass is 16.5. The zero-order valence-corrected chi connectivity index (χ0v) is 11.3. The van der Waals surface area contributed by atoms with Gasteiger partial charge < -0.3 is 10.1 Å². The minimum Gasteiger partial charge on any atom is -0.374 e. The van der Waals surface area contributed by atoms with Gasteiger partial charge in [0.1, 0.15) is 0 Å². The molecule has 4 heteroatoms. The highest BCUT2D eigenvalue weighted by Crippen LogP contribution is 2.12. The number of ether oxygens (including phenoxy) is 1. The van der Waals surface area contributed by atoms with E-state index in [-0.39, 0.29) is 6.10 Å². The molecule has 0 amide bonds. The first-order chi connectivity index (χ1) is 8.83. The highest BCUT2D eigenvalue weighted by molar-refractivity contribution is 5.12. The normalized spacial score (nSPS) is 22.9. The predicted molar refractivity (Wildman–Crippen MR) is 72.6 cm³/mol. The van der Waals surface area contributed by atoms with Crippen LogP contribution in [0.2, 0.25) is 0 Å². The number of aromatic nitrogens is 1. The van der Waals surface area contributed by atoms with Gasteiger partial charge in [0.05, 0.1) is 12.7 Å². The van der Waals surface area contributed by atoms with E-state index < -0.39 is 0 Å². The summed E-state index contributed by atoms with van der Waals surface area (Å²) in [6, 6.07) is 4.51. The minimum absolute atomic E-state index is 0.275. The summed E-state index contributed by atoms with van der Waals surface area (Å²) in [5, 5.41) is 3.39. The summed E-state index contributed by atoms with van der Waals surface area (Å²) in [7, 11) is 2.01. The molecule has 4 nitrogen and oxygen atoms in total. The topological polar surface area (TPSA) is 37.4 Å². The van der Waals surface area contributed by atoms with E-state index in [1.165, 1.54) is 5.56 Å². The molecule has 1 saturated heterocycles. The second-order valence-corrected chi connectivity index (χ2v) is 4.76. The molecule has 2 unspecified atom stereocenters. The first-order valence-electron chi connectivity index (χ1n) is 6.73. The third kappa shape index (κ3) is 3.51. The van der Waals surface area contributed by atoms with Crippen LogP contribution in [-0.4, -0.2) is 55.3 Å². The maximum Gasteiger partial charge on any atom is 0.0858 e. The molecule has 1 fully saturated rings. The van der Waals surface area contributed by atoms with Gasteiger partial charge in [-0.05, 0) is 37.7 Å². The van der Waals surface area contributed by atoms with Gasteiger partial charge in [-0.1, -0.05) is 6.92 Å². The van der Waals surface area contributed by atoms with E-state index in [4.69, 9.17) is 4.74 Å². The Bertz CT molecular complexity index is 344. The van der Waals surface area contributed by atoms with Crippen LogP contribution in [0.5, 0.6) is 0 Å². The van der Waals surface area contributed by atoms with Crippen LogP contribution in [0.25, 0.3) is 0 Å². The molecular formula is C14H23N3O. The number of morpholine rings is 1. The highest BCUT2D eigenvalue weighted by Gasteiger charge is 2.26. The average molecular weight is 249 g/mol. The summed E-state index contributed by atoms with van der Waals surface area (Å²) in [6.45, 7) is 6.23. The SMILES string of the molecule is CCN1CCOC(C(Cc2ccncc2)NC)C1. The minimum atomic E-state index is 0.275. The lowest BCUT2D eigenvalue weighted by Crippen LogP contribution is -2.52. The fourth-order valence-electron chi connectivity index (χ4n) is 2.45. The number of hydrogen-bond donors (Lipinski definition) is 1. The molecule has 18 heavy (non-hydrogen) atoms. The molecule has 1 aromatic heterocycles. The van der Waals surface area contributed by atoms with Gasteiger partial charge in [-0.25, -0.2) is 0 Å². The number of nitrogens with zero attached hydrogens (tertiary/aromatic N) is 2. The maximum absolute atomic E-state index is 5.92. The number of rotatable bonds is 5. The molecule has 0 spiro atoms. The van der Waals surface area contributed by atoms with Gasteiger partial charge in [0.15, 0.2) is 0 Å². The second kappa shape index (κ2) is 6.83. The standard InChI is InChI=1S/C14H23N3O/c1-3-17-8-9-18-14(11-17)13(15-2)10-12-4-6-16-7-5-12/h4-7,13-15H,3,8-11H2,1-2H3. The van der Waals surface area contributed by atoms with Gasteiger partial charge in [-0.15, -0.1) is 0 Å². The lowest BCUT2D eigenvalue weighted by atomic mass is 10.0. The Hall–Kier alpha value is -0.970. The van der Waals surface area contributed by atoms with Crippen molar-refractivity contribution < 1.29 is 4.74 Å². The molecule has 0 aromatic carbocycles. The molecule has 2 atom stereocenters. The Morgan fingerprint density at radius 1 is 1.50 bits per heavy atom. The largest absolute Gasteiger partial charge is 0.374 e. The van der Waals surface area contributed by atoms with Crippen LogP contribution in [-0.2, 0) is 11.2 Å². The van der Waals surface area contributed by atoms with Crippen LogP contribution in [0.15, 0.2) is 24.5 Å². The molecule has 0 bridgehead atoms. The lowest BCUT2D eigenvalue weighted by Gasteiger charge is -2.36. The predicted octanol–water partition coefficient (Wildman–Crippen LogP) is 0.933. The molecule has 2 heterocycles. The van der Waals surface area contributed by atoms with Crippen molar-refractivity contribution in [2.24, 2.45) is 0 Å². The van der Waals surface area contributed by atoms with Crippen LogP contribution in [0.4, 0.5) is 0 Å². The average Bonchev–Trinajstić information content (AvgIpc) is 2.46. The quantitative estimate of drug-likeness (QED) is 0.842. The smallest absolute Gasteiger partial charge is 0.0858 e.